The van der Waals surface area contributed by atoms with Crippen LogP contribution in [0.5, 0.6) is 0 Å². The molecular weight excluding hydrogens is 244 g/mol. The van der Waals surface area contributed by atoms with Gasteiger partial charge in [0.1, 0.15) is 0 Å². The van der Waals surface area contributed by atoms with Gasteiger partial charge in [0.25, 0.3) is 5.69 Å². The van der Waals surface area contributed by atoms with Crippen molar-refractivity contribution in [3.63, 3.8) is 0 Å². The lowest BCUT2D eigenvalue weighted by Crippen LogP contribution is -2.25. The highest BCUT2D eigenvalue weighted by atomic mass is 16.6. The van der Waals surface area contributed by atoms with Crippen molar-refractivity contribution < 1.29 is 9.66 Å². The second-order valence-electron chi connectivity index (χ2n) is 4.34. The molecule has 1 unspecified atom stereocenters. The molecule has 1 aromatic rings. The second kappa shape index (κ2) is 8.61. The Morgan fingerprint density at radius 3 is 2.84 bits per heavy atom. The average molecular weight is 266 g/mol. The Kier molecular flexibility index (Phi) is 7.07. The van der Waals surface area contributed by atoms with E-state index in [1.165, 1.54) is 6.07 Å². The van der Waals surface area contributed by atoms with Crippen LogP contribution in [0.3, 0.4) is 0 Å². The van der Waals surface area contributed by atoms with Crippen molar-refractivity contribution in [2.45, 2.75) is 32.7 Å². The third-order valence-electron chi connectivity index (χ3n) is 2.90. The second-order valence-corrected chi connectivity index (χ2v) is 4.34. The van der Waals surface area contributed by atoms with Gasteiger partial charge < -0.3 is 10.1 Å². The summed E-state index contributed by atoms with van der Waals surface area (Å²) in [7, 11) is 0. The van der Waals surface area contributed by atoms with Crippen LogP contribution in [0.4, 0.5) is 5.69 Å². The van der Waals surface area contributed by atoms with E-state index in [0.717, 1.165) is 24.9 Å². The fourth-order valence-corrected chi connectivity index (χ4v) is 1.98. The quantitative estimate of drug-likeness (QED) is 0.424. The summed E-state index contributed by atoms with van der Waals surface area (Å²) in [6.45, 7) is 6.18. The summed E-state index contributed by atoms with van der Waals surface area (Å²) >= 11 is 0. The smallest absolute Gasteiger partial charge is 0.269 e. The zero-order chi connectivity index (χ0) is 14.1. The molecule has 5 nitrogen and oxygen atoms in total. The Bertz CT molecular complexity index is 396. The predicted molar refractivity (Wildman–Crippen MR) is 75.2 cm³/mol. The first-order chi connectivity index (χ1) is 9.19. The molecule has 0 heterocycles. The summed E-state index contributed by atoms with van der Waals surface area (Å²) < 4.78 is 5.29. The third kappa shape index (κ3) is 5.36. The lowest BCUT2D eigenvalue weighted by Gasteiger charge is -2.18. The molecule has 0 aliphatic carbocycles. The van der Waals surface area contributed by atoms with Crippen molar-refractivity contribution in [3.8, 4) is 0 Å². The summed E-state index contributed by atoms with van der Waals surface area (Å²) in [5, 5.41) is 14.2. The fraction of sp³-hybridized carbons (Fsp3) is 0.571. The van der Waals surface area contributed by atoms with Gasteiger partial charge in [-0.1, -0.05) is 25.5 Å². The van der Waals surface area contributed by atoms with E-state index in [9.17, 15) is 10.1 Å². The molecule has 1 atom stereocenters. The Morgan fingerprint density at radius 2 is 2.21 bits per heavy atom. The van der Waals surface area contributed by atoms with E-state index in [2.05, 4.69) is 12.2 Å². The summed E-state index contributed by atoms with van der Waals surface area (Å²) in [4.78, 5) is 10.4. The number of nitro benzene ring substituents is 1. The average Bonchev–Trinajstić information content (AvgIpc) is 2.42. The molecule has 0 radical (unpaired) electrons. The molecule has 0 aliphatic rings. The minimum Gasteiger partial charge on any atom is -0.380 e. The fourth-order valence-electron chi connectivity index (χ4n) is 1.98. The van der Waals surface area contributed by atoms with Crippen LogP contribution < -0.4 is 5.32 Å². The van der Waals surface area contributed by atoms with Gasteiger partial charge in [-0.25, -0.2) is 0 Å². The Hall–Kier alpha value is -1.46. The molecule has 0 amide bonds. The van der Waals surface area contributed by atoms with Gasteiger partial charge in [0, 0.05) is 31.3 Å². The normalized spacial score (nSPS) is 12.3. The predicted octanol–water partition coefficient (Wildman–Crippen LogP) is 3.06. The van der Waals surface area contributed by atoms with Crippen LogP contribution in [-0.4, -0.2) is 24.7 Å². The number of hydrogen-bond acceptors (Lipinski definition) is 4. The molecule has 1 N–H and O–H groups in total. The number of non-ortho nitro benzene ring substituents is 1. The van der Waals surface area contributed by atoms with Gasteiger partial charge in [0.05, 0.1) is 11.5 Å². The van der Waals surface area contributed by atoms with Crippen molar-refractivity contribution in [2.24, 2.45) is 0 Å². The van der Waals surface area contributed by atoms with Crippen molar-refractivity contribution in [2.75, 3.05) is 19.8 Å². The maximum Gasteiger partial charge on any atom is 0.269 e. The third-order valence-corrected chi connectivity index (χ3v) is 2.90. The van der Waals surface area contributed by atoms with Crippen LogP contribution >= 0.6 is 0 Å². The van der Waals surface area contributed by atoms with Gasteiger partial charge in [-0.2, -0.15) is 0 Å². The molecule has 0 aliphatic heterocycles. The lowest BCUT2D eigenvalue weighted by molar-refractivity contribution is -0.384. The molecule has 1 aromatic carbocycles. The number of nitrogens with one attached hydrogen (secondary N) is 1. The SMILES string of the molecule is CCCC(NCCOCC)c1cccc([N+](=O)[O-])c1. The van der Waals surface area contributed by atoms with Gasteiger partial charge in [0.15, 0.2) is 0 Å². The molecule has 19 heavy (non-hydrogen) atoms. The van der Waals surface area contributed by atoms with Gasteiger partial charge in [-0.3, -0.25) is 10.1 Å². The molecule has 0 aromatic heterocycles. The summed E-state index contributed by atoms with van der Waals surface area (Å²) in [6.07, 6.45) is 1.97. The zero-order valence-electron chi connectivity index (χ0n) is 11.6. The number of rotatable bonds is 9. The van der Waals surface area contributed by atoms with Gasteiger partial charge in [-0.15, -0.1) is 0 Å². The number of nitro groups is 1. The summed E-state index contributed by atoms with van der Waals surface area (Å²) in [6, 6.07) is 6.98. The van der Waals surface area contributed by atoms with E-state index in [4.69, 9.17) is 4.74 Å². The first-order valence-corrected chi connectivity index (χ1v) is 6.74. The topological polar surface area (TPSA) is 64.4 Å². The molecule has 0 saturated heterocycles. The summed E-state index contributed by atoms with van der Waals surface area (Å²) in [5.74, 6) is 0. The molecular formula is C14H22N2O3. The Balaban J connectivity index is 2.68. The molecule has 0 fully saturated rings. The zero-order valence-corrected chi connectivity index (χ0v) is 11.6. The minimum absolute atomic E-state index is 0.144. The Morgan fingerprint density at radius 1 is 1.42 bits per heavy atom. The molecule has 0 spiro atoms. The standard InChI is InChI=1S/C14H22N2O3/c1-3-6-14(15-9-10-19-4-2)12-7-5-8-13(11-12)16(17)18/h5,7-8,11,14-15H,3-4,6,9-10H2,1-2H3. The van der Waals surface area contributed by atoms with E-state index in [1.807, 2.05) is 13.0 Å². The Labute approximate surface area is 114 Å². The lowest BCUT2D eigenvalue weighted by atomic mass is 10.0. The molecule has 0 saturated carbocycles. The molecule has 106 valence electrons. The van der Waals surface area contributed by atoms with Crippen LogP contribution in [0.15, 0.2) is 24.3 Å². The number of benzene rings is 1. The number of nitrogens with zero attached hydrogens (tertiary/aromatic N) is 1. The number of ether oxygens (including phenoxy) is 1. The van der Waals surface area contributed by atoms with Crippen LogP contribution in [0, 0.1) is 10.1 Å². The monoisotopic (exact) mass is 266 g/mol. The highest BCUT2D eigenvalue weighted by Crippen LogP contribution is 2.22. The van der Waals surface area contributed by atoms with Gasteiger partial charge in [0.2, 0.25) is 0 Å². The largest absolute Gasteiger partial charge is 0.380 e. The van der Waals surface area contributed by atoms with Gasteiger partial charge >= 0.3 is 0 Å². The molecule has 5 heteroatoms. The maximum atomic E-state index is 10.8. The van der Waals surface area contributed by atoms with Crippen molar-refractivity contribution in [3.05, 3.63) is 39.9 Å². The van der Waals surface area contributed by atoms with Crippen molar-refractivity contribution in [1.82, 2.24) is 5.32 Å². The van der Waals surface area contributed by atoms with Crippen molar-refractivity contribution >= 4 is 5.69 Å². The van der Waals surface area contributed by atoms with E-state index >= 15 is 0 Å². The van der Waals surface area contributed by atoms with E-state index in [-0.39, 0.29) is 16.7 Å². The molecule has 0 bridgehead atoms. The first-order valence-electron chi connectivity index (χ1n) is 6.74. The molecule has 1 rings (SSSR count). The first kappa shape index (κ1) is 15.6. The van der Waals surface area contributed by atoms with E-state index < -0.39 is 0 Å². The number of hydrogen-bond donors (Lipinski definition) is 1. The highest BCUT2D eigenvalue weighted by Gasteiger charge is 2.13. The van der Waals surface area contributed by atoms with Crippen molar-refractivity contribution in [1.29, 1.82) is 0 Å². The minimum atomic E-state index is -0.354. The van der Waals surface area contributed by atoms with Crippen LogP contribution in [0.1, 0.15) is 38.3 Å². The van der Waals surface area contributed by atoms with E-state index in [1.54, 1.807) is 12.1 Å². The van der Waals surface area contributed by atoms with Crippen LogP contribution in [0.25, 0.3) is 0 Å². The van der Waals surface area contributed by atoms with Gasteiger partial charge in [-0.05, 0) is 18.9 Å². The van der Waals surface area contributed by atoms with Crippen LogP contribution in [0.2, 0.25) is 0 Å². The maximum absolute atomic E-state index is 10.8. The van der Waals surface area contributed by atoms with Crippen LogP contribution in [-0.2, 0) is 4.74 Å². The van der Waals surface area contributed by atoms with E-state index in [0.29, 0.717) is 13.2 Å². The summed E-state index contributed by atoms with van der Waals surface area (Å²) in [5.41, 5.74) is 1.11. The highest BCUT2D eigenvalue weighted by molar-refractivity contribution is 5.35.